The summed E-state index contributed by atoms with van der Waals surface area (Å²) in [6.07, 6.45) is 4.99. The first-order valence-corrected chi connectivity index (χ1v) is 6.41. The Morgan fingerprint density at radius 2 is 1.69 bits per heavy atom. The lowest BCUT2D eigenvalue weighted by Crippen LogP contribution is -2.09. The number of rotatable bonds is 6. The lowest BCUT2D eigenvalue weighted by molar-refractivity contribution is 0.334. The van der Waals surface area contributed by atoms with E-state index >= 15 is 0 Å². The van der Waals surface area contributed by atoms with Crippen molar-refractivity contribution in [1.29, 1.82) is 0 Å². The number of hydrogen-bond acceptors (Lipinski definition) is 1. The molecule has 1 atom stereocenters. The molecule has 1 rings (SSSR count). The number of aryl methyl sites for hydroxylation is 1. The summed E-state index contributed by atoms with van der Waals surface area (Å²) in [6, 6.07) is 7.61. The van der Waals surface area contributed by atoms with Gasteiger partial charge in [-0.25, -0.2) is 0 Å². The Morgan fingerprint density at radius 1 is 1.06 bits per heavy atom. The molecule has 1 aromatic carbocycles. The number of phenols is 1. The Hall–Kier alpha value is -0.980. The fraction of sp³-hybridized carbons (Fsp3) is 0.600. The van der Waals surface area contributed by atoms with Crippen LogP contribution in [0.4, 0.5) is 0 Å². The van der Waals surface area contributed by atoms with Crippen LogP contribution in [0, 0.1) is 11.8 Å². The zero-order valence-corrected chi connectivity index (χ0v) is 10.7. The number of phenolic OH excluding ortho intramolecular Hbond substituents is 1. The lowest BCUT2D eigenvalue weighted by Gasteiger charge is -2.20. The molecule has 1 nitrogen and oxygen atoms in total. The van der Waals surface area contributed by atoms with Crippen molar-refractivity contribution in [2.75, 3.05) is 0 Å². The number of benzene rings is 1. The molecular formula is C15H24O. The van der Waals surface area contributed by atoms with Gasteiger partial charge in [-0.15, -0.1) is 0 Å². The fourth-order valence-corrected chi connectivity index (χ4v) is 2.20. The lowest BCUT2D eigenvalue weighted by atomic mass is 9.86. The quantitative estimate of drug-likeness (QED) is 0.753. The molecule has 1 unspecified atom stereocenters. The van der Waals surface area contributed by atoms with E-state index in [1.807, 2.05) is 12.1 Å². The largest absolute Gasteiger partial charge is 0.508 e. The van der Waals surface area contributed by atoms with Crippen LogP contribution in [0.1, 0.15) is 45.6 Å². The van der Waals surface area contributed by atoms with Crippen LogP contribution >= 0.6 is 0 Å². The average Bonchev–Trinajstić information content (AvgIpc) is 2.26. The molecule has 1 N–H and O–H groups in total. The predicted molar refractivity (Wildman–Crippen MR) is 69.7 cm³/mol. The van der Waals surface area contributed by atoms with Gasteiger partial charge >= 0.3 is 0 Å². The highest BCUT2D eigenvalue weighted by molar-refractivity contribution is 5.25. The van der Waals surface area contributed by atoms with Crippen LogP contribution in [-0.4, -0.2) is 5.11 Å². The van der Waals surface area contributed by atoms with E-state index in [2.05, 4.69) is 20.8 Å². The van der Waals surface area contributed by atoms with Crippen molar-refractivity contribution in [2.45, 2.75) is 46.5 Å². The summed E-state index contributed by atoms with van der Waals surface area (Å²) in [6.45, 7) is 6.89. The van der Waals surface area contributed by atoms with Crippen LogP contribution in [0.5, 0.6) is 5.75 Å². The second-order valence-corrected chi connectivity index (χ2v) is 5.00. The van der Waals surface area contributed by atoms with E-state index < -0.39 is 0 Å². The summed E-state index contributed by atoms with van der Waals surface area (Å²) in [5.41, 5.74) is 1.33. The molecule has 0 aliphatic rings. The van der Waals surface area contributed by atoms with E-state index in [4.69, 9.17) is 0 Å². The van der Waals surface area contributed by atoms with Crippen LogP contribution in [-0.2, 0) is 6.42 Å². The first-order valence-electron chi connectivity index (χ1n) is 6.41. The Labute approximate surface area is 99.5 Å². The van der Waals surface area contributed by atoms with E-state index in [0.717, 1.165) is 18.3 Å². The molecule has 0 amide bonds. The van der Waals surface area contributed by atoms with E-state index in [1.54, 1.807) is 12.1 Å². The van der Waals surface area contributed by atoms with E-state index in [0.29, 0.717) is 5.75 Å². The van der Waals surface area contributed by atoms with Gasteiger partial charge in [0, 0.05) is 0 Å². The van der Waals surface area contributed by atoms with Gasteiger partial charge in [0.1, 0.15) is 5.75 Å². The average molecular weight is 220 g/mol. The highest BCUT2D eigenvalue weighted by atomic mass is 16.3. The number of hydrogen-bond donors (Lipinski definition) is 1. The zero-order chi connectivity index (χ0) is 12.0. The molecule has 90 valence electrons. The SMILES string of the molecule is CCCC(CCc1ccc(O)cc1)C(C)C. The normalized spacial score (nSPS) is 13.0. The summed E-state index contributed by atoms with van der Waals surface area (Å²) in [5.74, 6) is 1.97. The van der Waals surface area contributed by atoms with Crippen LogP contribution < -0.4 is 0 Å². The fourth-order valence-electron chi connectivity index (χ4n) is 2.20. The third-order valence-electron chi connectivity index (χ3n) is 3.34. The van der Waals surface area contributed by atoms with Gasteiger partial charge in [0.25, 0.3) is 0 Å². The van der Waals surface area contributed by atoms with Gasteiger partial charge in [0.2, 0.25) is 0 Å². The molecule has 16 heavy (non-hydrogen) atoms. The summed E-state index contributed by atoms with van der Waals surface area (Å²) in [4.78, 5) is 0. The highest BCUT2D eigenvalue weighted by Gasteiger charge is 2.11. The van der Waals surface area contributed by atoms with Gasteiger partial charge in [-0.05, 0) is 42.4 Å². The molecule has 1 heteroatoms. The second-order valence-electron chi connectivity index (χ2n) is 5.00. The molecule has 0 aromatic heterocycles. The minimum Gasteiger partial charge on any atom is -0.508 e. The minimum absolute atomic E-state index is 0.359. The standard InChI is InChI=1S/C15H24O/c1-4-5-14(12(2)3)9-6-13-7-10-15(16)11-8-13/h7-8,10-12,14,16H,4-6,9H2,1-3H3. The zero-order valence-electron chi connectivity index (χ0n) is 10.7. The Kier molecular flexibility index (Phi) is 5.37. The van der Waals surface area contributed by atoms with Crippen LogP contribution in [0.3, 0.4) is 0 Å². The van der Waals surface area contributed by atoms with Gasteiger partial charge in [-0.2, -0.15) is 0 Å². The molecular weight excluding hydrogens is 196 g/mol. The molecule has 0 radical (unpaired) electrons. The van der Waals surface area contributed by atoms with E-state index in [9.17, 15) is 5.11 Å². The first-order chi connectivity index (χ1) is 7.63. The van der Waals surface area contributed by atoms with Crippen molar-refractivity contribution in [3.8, 4) is 5.75 Å². The van der Waals surface area contributed by atoms with E-state index in [-0.39, 0.29) is 0 Å². The molecule has 0 saturated carbocycles. The molecule has 0 spiro atoms. The van der Waals surface area contributed by atoms with Crippen molar-refractivity contribution in [2.24, 2.45) is 11.8 Å². The third kappa shape index (κ3) is 4.26. The molecule has 0 aliphatic heterocycles. The third-order valence-corrected chi connectivity index (χ3v) is 3.34. The second kappa shape index (κ2) is 6.57. The predicted octanol–water partition coefficient (Wildman–Crippen LogP) is 4.40. The monoisotopic (exact) mass is 220 g/mol. The van der Waals surface area contributed by atoms with Crippen molar-refractivity contribution in [3.63, 3.8) is 0 Å². The van der Waals surface area contributed by atoms with Crippen molar-refractivity contribution >= 4 is 0 Å². The molecule has 0 fully saturated rings. The minimum atomic E-state index is 0.359. The van der Waals surface area contributed by atoms with Gasteiger partial charge < -0.3 is 5.11 Å². The Morgan fingerprint density at radius 3 is 2.19 bits per heavy atom. The molecule has 0 heterocycles. The summed E-state index contributed by atoms with van der Waals surface area (Å²) < 4.78 is 0. The molecule has 1 aromatic rings. The molecule has 0 bridgehead atoms. The highest BCUT2D eigenvalue weighted by Crippen LogP contribution is 2.23. The van der Waals surface area contributed by atoms with Crippen LogP contribution in [0.15, 0.2) is 24.3 Å². The maximum atomic E-state index is 9.21. The van der Waals surface area contributed by atoms with Crippen LogP contribution in [0.2, 0.25) is 0 Å². The van der Waals surface area contributed by atoms with Crippen LogP contribution in [0.25, 0.3) is 0 Å². The number of aromatic hydroxyl groups is 1. The maximum absolute atomic E-state index is 9.21. The van der Waals surface area contributed by atoms with Crippen molar-refractivity contribution in [3.05, 3.63) is 29.8 Å². The Balaban J connectivity index is 2.45. The molecule has 0 aliphatic carbocycles. The van der Waals surface area contributed by atoms with E-state index in [1.165, 1.54) is 24.8 Å². The summed E-state index contributed by atoms with van der Waals surface area (Å²) in [7, 11) is 0. The first kappa shape index (κ1) is 13.1. The van der Waals surface area contributed by atoms with Gasteiger partial charge in [0.05, 0.1) is 0 Å². The van der Waals surface area contributed by atoms with Gasteiger partial charge in [0.15, 0.2) is 0 Å². The van der Waals surface area contributed by atoms with Crippen molar-refractivity contribution in [1.82, 2.24) is 0 Å². The summed E-state index contributed by atoms with van der Waals surface area (Å²) in [5, 5.41) is 9.21. The van der Waals surface area contributed by atoms with Crippen molar-refractivity contribution < 1.29 is 5.11 Å². The van der Waals surface area contributed by atoms with Gasteiger partial charge in [-0.1, -0.05) is 45.7 Å². The maximum Gasteiger partial charge on any atom is 0.115 e. The topological polar surface area (TPSA) is 20.2 Å². The molecule has 0 saturated heterocycles. The smallest absolute Gasteiger partial charge is 0.115 e. The van der Waals surface area contributed by atoms with Gasteiger partial charge in [-0.3, -0.25) is 0 Å². The Bertz CT molecular complexity index is 287. The summed E-state index contributed by atoms with van der Waals surface area (Å²) >= 11 is 0.